The summed E-state index contributed by atoms with van der Waals surface area (Å²) in [4.78, 5) is 23.7. The van der Waals surface area contributed by atoms with Crippen molar-refractivity contribution >= 4 is 23.5 Å². The lowest BCUT2D eigenvalue weighted by atomic mass is 10.1. The number of carbonyl (C=O) groups excluding carboxylic acids is 2. The lowest BCUT2D eigenvalue weighted by molar-refractivity contribution is -0.156. The maximum atomic E-state index is 12.8. The summed E-state index contributed by atoms with van der Waals surface area (Å²) in [5.74, 6) is -1.04. The molecule has 0 spiro atoms. The molecule has 138 valence electrons. The minimum atomic E-state index is -0.953. The van der Waals surface area contributed by atoms with Crippen molar-refractivity contribution < 1.29 is 23.5 Å². The van der Waals surface area contributed by atoms with E-state index in [1.807, 2.05) is 0 Å². The topological polar surface area (TPSA) is 64.6 Å². The molecule has 0 unspecified atom stereocenters. The first-order chi connectivity index (χ1) is 12.5. The van der Waals surface area contributed by atoms with Crippen molar-refractivity contribution in [2.75, 3.05) is 13.2 Å². The van der Waals surface area contributed by atoms with Gasteiger partial charge in [0, 0.05) is 6.54 Å². The summed E-state index contributed by atoms with van der Waals surface area (Å²) in [7, 11) is 0. The molecule has 1 atom stereocenters. The van der Waals surface area contributed by atoms with Gasteiger partial charge in [0.25, 0.3) is 5.91 Å². The van der Waals surface area contributed by atoms with E-state index < -0.39 is 18.0 Å². The number of para-hydroxylation sites is 1. The zero-order valence-electron chi connectivity index (χ0n) is 14.2. The standard InChI is InChI=1S/C19H19ClFNO4/c1-13(19(24)22-11-10-14-6-8-15(21)9-7-14)26-18(23)12-25-17-5-3-2-4-16(17)20/h2-9,13H,10-12H2,1H3,(H,22,24)/t13-/m0/s1. The Kier molecular flexibility index (Phi) is 7.41. The van der Waals surface area contributed by atoms with Gasteiger partial charge in [0.15, 0.2) is 12.7 Å². The van der Waals surface area contributed by atoms with Crippen LogP contribution < -0.4 is 10.1 Å². The Morgan fingerprint density at radius 3 is 2.54 bits per heavy atom. The van der Waals surface area contributed by atoms with Gasteiger partial charge in [-0.3, -0.25) is 4.79 Å². The molecule has 7 heteroatoms. The monoisotopic (exact) mass is 379 g/mol. The van der Waals surface area contributed by atoms with E-state index in [1.165, 1.54) is 19.1 Å². The van der Waals surface area contributed by atoms with Gasteiger partial charge in [-0.1, -0.05) is 35.9 Å². The summed E-state index contributed by atoms with van der Waals surface area (Å²) >= 11 is 5.92. The van der Waals surface area contributed by atoms with Crippen LogP contribution in [0.2, 0.25) is 5.02 Å². The van der Waals surface area contributed by atoms with E-state index in [4.69, 9.17) is 21.1 Å². The van der Waals surface area contributed by atoms with E-state index in [-0.39, 0.29) is 12.4 Å². The van der Waals surface area contributed by atoms with Crippen molar-refractivity contribution in [2.45, 2.75) is 19.4 Å². The normalized spacial score (nSPS) is 11.5. The Bertz CT molecular complexity index is 751. The summed E-state index contributed by atoms with van der Waals surface area (Å²) in [6.07, 6.45) is -0.409. The molecular formula is C19H19ClFNO4. The van der Waals surface area contributed by atoms with Gasteiger partial charge in [-0.2, -0.15) is 0 Å². The number of hydrogen-bond donors (Lipinski definition) is 1. The van der Waals surface area contributed by atoms with Crippen molar-refractivity contribution in [1.82, 2.24) is 5.32 Å². The molecule has 0 radical (unpaired) electrons. The molecule has 0 saturated heterocycles. The molecular weight excluding hydrogens is 361 g/mol. The number of esters is 1. The number of halogens is 2. The maximum Gasteiger partial charge on any atom is 0.344 e. The van der Waals surface area contributed by atoms with Gasteiger partial charge in [0.1, 0.15) is 11.6 Å². The Morgan fingerprint density at radius 2 is 1.85 bits per heavy atom. The Labute approximate surface area is 156 Å². The Hall–Kier alpha value is -2.60. The maximum absolute atomic E-state index is 12.8. The first-order valence-electron chi connectivity index (χ1n) is 8.04. The lowest BCUT2D eigenvalue weighted by Crippen LogP contribution is -2.37. The van der Waals surface area contributed by atoms with E-state index in [2.05, 4.69) is 5.32 Å². The van der Waals surface area contributed by atoms with Crippen LogP contribution in [0.1, 0.15) is 12.5 Å². The van der Waals surface area contributed by atoms with Crippen LogP contribution in [-0.4, -0.2) is 31.1 Å². The third kappa shape index (κ3) is 6.37. The van der Waals surface area contributed by atoms with E-state index in [0.717, 1.165) is 5.56 Å². The van der Waals surface area contributed by atoms with Gasteiger partial charge in [0.05, 0.1) is 5.02 Å². The molecule has 2 aromatic carbocycles. The fraction of sp³-hybridized carbons (Fsp3) is 0.263. The molecule has 26 heavy (non-hydrogen) atoms. The molecule has 0 aliphatic carbocycles. The van der Waals surface area contributed by atoms with Crippen LogP contribution in [0.5, 0.6) is 5.75 Å². The van der Waals surface area contributed by atoms with Gasteiger partial charge in [-0.25, -0.2) is 9.18 Å². The quantitative estimate of drug-likeness (QED) is 0.716. The number of nitrogens with one attached hydrogen (secondary N) is 1. The molecule has 0 aliphatic rings. The molecule has 1 N–H and O–H groups in total. The fourth-order valence-corrected chi connectivity index (χ4v) is 2.30. The van der Waals surface area contributed by atoms with E-state index in [1.54, 1.807) is 36.4 Å². The summed E-state index contributed by atoms with van der Waals surface area (Å²) in [5.41, 5.74) is 0.893. The average molecular weight is 380 g/mol. The molecule has 0 bridgehead atoms. The average Bonchev–Trinajstić information content (AvgIpc) is 2.62. The molecule has 2 rings (SSSR count). The van der Waals surface area contributed by atoms with Gasteiger partial charge in [-0.15, -0.1) is 0 Å². The van der Waals surface area contributed by atoms with Gasteiger partial charge >= 0.3 is 5.97 Å². The summed E-state index contributed by atoms with van der Waals surface area (Å²) in [5, 5.41) is 3.04. The highest BCUT2D eigenvalue weighted by atomic mass is 35.5. The molecule has 0 fully saturated rings. The van der Waals surface area contributed by atoms with Crippen LogP contribution >= 0.6 is 11.6 Å². The third-order valence-corrected chi connectivity index (χ3v) is 3.80. The van der Waals surface area contributed by atoms with E-state index >= 15 is 0 Å². The van der Waals surface area contributed by atoms with Crippen molar-refractivity contribution in [1.29, 1.82) is 0 Å². The number of carbonyl (C=O) groups is 2. The highest BCUT2D eigenvalue weighted by Gasteiger charge is 2.18. The van der Waals surface area contributed by atoms with Crippen molar-refractivity contribution in [3.8, 4) is 5.75 Å². The largest absolute Gasteiger partial charge is 0.480 e. The molecule has 2 aromatic rings. The van der Waals surface area contributed by atoms with Crippen LogP contribution in [0.15, 0.2) is 48.5 Å². The van der Waals surface area contributed by atoms with Crippen LogP contribution in [-0.2, 0) is 20.7 Å². The first kappa shape index (κ1) is 19.7. The predicted molar refractivity (Wildman–Crippen MR) is 95.6 cm³/mol. The summed E-state index contributed by atoms with van der Waals surface area (Å²) in [6.45, 7) is 1.47. The summed E-state index contributed by atoms with van der Waals surface area (Å²) < 4.78 is 23.1. The Balaban J connectivity index is 1.69. The Morgan fingerprint density at radius 1 is 1.15 bits per heavy atom. The summed E-state index contributed by atoms with van der Waals surface area (Å²) in [6, 6.07) is 12.8. The molecule has 0 saturated carbocycles. The molecule has 5 nitrogen and oxygen atoms in total. The van der Waals surface area contributed by atoms with Crippen LogP contribution in [0, 0.1) is 5.82 Å². The highest BCUT2D eigenvalue weighted by Crippen LogP contribution is 2.22. The second-order valence-corrected chi connectivity index (χ2v) is 5.93. The van der Waals surface area contributed by atoms with Crippen molar-refractivity contribution in [2.24, 2.45) is 0 Å². The zero-order chi connectivity index (χ0) is 18.9. The second kappa shape index (κ2) is 9.77. The third-order valence-electron chi connectivity index (χ3n) is 3.49. The predicted octanol–water partition coefficient (Wildman–Crippen LogP) is 3.15. The first-order valence-corrected chi connectivity index (χ1v) is 8.42. The van der Waals surface area contributed by atoms with Gasteiger partial charge < -0.3 is 14.8 Å². The van der Waals surface area contributed by atoms with Crippen LogP contribution in [0.25, 0.3) is 0 Å². The zero-order valence-corrected chi connectivity index (χ0v) is 15.0. The molecule has 0 heterocycles. The minimum absolute atomic E-state index is 0.308. The number of hydrogen-bond acceptors (Lipinski definition) is 4. The number of amides is 1. The smallest absolute Gasteiger partial charge is 0.344 e. The van der Waals surface area contributed by atoms with E-state index in [0.29, 0.717) is 23.7 Å². The molecule has 0 aromatic heterocycles. The molecule has 1 amide bonds. The van der Waals surface area contributed by atoms with Crippen LogP contribution in [0.3, 0.4) is 0 Å². The fourth-order valence-electron chi connectivity index (χ4n) is 2.11. The highest BCUT2D eigenvalue weighted by molar-refractivity contribution is 6.32. The van der Waals surface area contributed by atoms with Crippen LogP contribution in [0.4, 0.5) is 4.39 Å². The van der Waals surface area contributed by atoms with E-state index in [9.17, 15) is 14.0 Å². The van der Waals surface area contributed by atoms with Gasteiger partial charge in [-0.05, 0) is 43.2 Å². The lowest BCUT2D eigenvalue weighted by Gasteiger charge is -2.14. The van der Waals surface area contributed by atoms with Crippen molar-refractivity contribution in [3.63, 3.8) is 0 Å². The van der Waals surface area contributed by atoms with Crippen molar-refractivity contribution in [3.05, 3.63) is 64.9 Å². The second-order valence-electron chi connectivity index (χ2n) is 5.52. The van der Waals surface area contributed by atoms with Gasteiger partial charge in [0.2, 0.25) is 0 Å². The minimum Gasteiger partial charge on any atom is -0.480 e. The number of ether oxygens (including phenoxy) is 2. The number of benzene rings is 2. The molecule has 0 aliphatic heterocycles. The SMILES string of the molecule is C[C@H](OC(=O)COc1ccccc1Cl)C(=O)NCCc1ccc(F)cc1. The number of rotatable bonds is 8.